The maximum absolute atomic E-state index is 12.4. The van der Waals surface area contributed by atoms with Gasteiger partial charge in [-0.05, 0) is 35.9 Å². The number of anilines is 1. The molecule has 0 saturated carbocycles. The quantitative estimate of drug-likeness (QED) is 0.489. The fraction of sp³-hybridized carbons (Fsp3) is 0.200. The van der Waals surface area contributed by atoms with Gasteiger partial charge in [0.2, 0.25) is 5.91 Å². The number of alkyl halides is 2. The molecular weight excluding hydrogens is 428 g/mol. The van der Waals surface area contributed by atoms with Crippen LogP contribution in [-0.4, -0.2) is 38.9 Å². The van der Waals surface area contributed by atoms with E-state index < -0.39 is 6.61 Å². The number of hydrogen-bond donors (Lipinski definition) is 2. The summed E-state index contributed by atoms with van der Waals surface area (Å²) in [6.07, 6.45) is 1.55. The van der Waals surface area contributed by atoms with Crippen LogP contribution in [-0.2, 0) is 18.4 Å². The van der Waals surface area contributed by atoms with Crippen LogP contribution >= 0.6 is 11.8 Å². The summed E-state index contributed by atoms with van der Waals surface area (Å²) in [7, 11) is 1.79. The van der Waals surface area contributed by atoms with Crippen molar-refractivity contribution >= 4 is 29.3 Å². The molecular formula is C20H19F2N5O3S. The van der Waals surface area contributed by atoms with Crippen molar-refractivity contribution in [2.45, 2.75) is 18.3 Å². The number of halogens is 2. The number of hydrogen-bond acceptors (Lipinski definition) is 6. The molecule has 0 spiro atoms. The number of nitrogens with zero attached hydrogens (tertiary/aromatic N) is 3. The second-order valence-electron chi connectivity index (χ2n) is 6.35. The first-order valence-electron chi connectivity index (χ1n) is 9.09. The average molecular weight is 447 g/mol. The molecule has 0 atom stereocenters. The number of carbonyl (C=O) groups is 2. The lowest BCUT2D eigenvalue weighted by molar-refractivity contribution is -0.113. The maximum Gasteiger partial charge on any atom is 0.387 e. The lowest BCUT2D eigenvalue weighted by Gasteiger charge is -2.09. The summed E-state index contributed by atoms with van der Waals surface area (Å²) in [5, 5.41) is 13.8. The highest BCUT2D eigenvalue weighted by Crippen LogP contribution is 2.17. The predicted molar refractivity (Wildman–Crippen MR) is 111 cm³/mol. The molecule has 0 radical (unpaired) electrons. The SMILES string of the molecule is Cn1cnnc1SCC(=O)Nc1cccc(C(=O)NCc2ccc(OC(F)F)cc2)c1. The molecule has 0 aliphatic heterocycles. The Morgan fingerprint density at radius 3 is 2.65 bits per heavy atom. The minimum atomic E-state index is -2.89. The van der Waals surface area contributed by atoms with Crippen LogP contribution in [0.1, 0.15) is 15.9 Å². The molecule has 0 bridgehead atoms. The van der Waals surface area contributed by atoms with E-state index in [1.807, 2.05) is 0 Å². The summed E-state index contributed by atoms with van der Waals surface area (Å²) < 4.78 is 30.4. The molecule has 162 valence electrons. The second kappa shape index (κ2) is 10.5. The Morgan fingerprint density at radius 2 is 1.97 bits per heavy atom. The zero-order valence-corrected chi connectivity index (χ0v) is 17.2. The molecule has 2 aromatic carbocycles. The second-order valence-corrected chi connectivity index (χ2v) is 7.29. The van der Waals surface area contributed by atoms with Gasteiger partial charge in [-0.3, -0.25) is 9.59 Å². The topological polar surface area (TPSA) is 98.1 Å². The number of ether oxygens (including phenoxy) is 1. The molecule has 0 fully saturated rings. The number of nitrogens with one attached hydrogen (secondary N) is 2. The predicted octanol–water partition coefficient (Wildman–Crippen LogP) is 3.08. The first kappa shape index (κ1) is 22.2. The zero-order valence-electron chi connectivity index (χ0n) is 16.4. The molecule has 0 unspecified atom stereocenters. The van der Waals surface area contributed by atoms with Gasteiger partial charge >= 0.3 is 6.61 Å². The van der Waals surface area contributed by atoms with Crippen molar-refractivity contribution in [1.82, 2.24) is 20.1 Å². The van der Waals surface area contributed by atoms with Crippen LogP contribution in [0.3, 0.4) is 0 Å². The fourth-order valence-electron chi connectivity index (χ4n) is 2.54. The van der Waals surface area contributed by atoms with Gasteiger partial charge in [-0.15, -0.1) is 10.2 Å². The number of thioether (sulfide) groups is 1. The third-order valence-electron chi connectivity index (χ3n) is 4.01. The van der Waals surface area contributed by atoms with E-state index in [1.54, 1.807) is 54.3 Å². The van der Waals surface area contributed by atoms with Gasteiger partial charge in [0.05, 0.1) is 5.75 Å². The molecule has 31 heavy (non-hydrogen) atoms. The minimum Gasteiger partial charge on any atom is -0.435 e. The van der Waals surface area contributed by atoms with Gasteiger partial charge in [0, 0.05) is 24.8 Å². The third-order valence-corrected chi connectivity index (χ3v) is 5.05. The van der Waals surface area contributed by atoms with E-state index in [0.29, 0.717) is 16.4 Å². The monoisotopic (exact) mass is 447 g/mol. The van der Waals surface area contributed by atoms with Gasteiger partial charge in [0.1, 0.15) is 12.1 Å². The van der Waals surface area contributed by atoms with Crippen LogP contribution in [0.4, 0.5) is 14.5 Å². The van der Waals surface area contributed by atoms with E-state index >= 15 is 0 Å². The summed E-state index contributed by atoms with van der Waals surface area (Å²) in [6.45, 7) is -2.68. The van der Waals surface area contributed by atoms with Crippen molar-refractivity contribution in [3.8, 4) is 5.75 Å². The highest BCUT2D eigenvalue weighted by molar-refractivity contribution is 7.99. The fourth-order valence-corrected chi connectivity index (χ4v) is 3.23. The van der Waals surface area contributed by atoms with E-state index in [2.05, 4.69) is 25.6 Å². The van der Waals surface area contributed by atoms with Crippen molar-refractivity contribution < 1.29 is 23.1 Å². The Bertz CT molecular complexity index is 1040. The average Bonchev–Trinajstić information content (AvgIpc) is 3.16. The van der Waals surface area contributed by atoms with Gasteiger partial charge in [-0.1, -0.05) is 30.0 Å². The molecule has 3 rings (SSSR count). The highest BCUT2D eigenvalue weighted by atomic mass is 32.2. The standard InChI is InChI=1S/C20H19F2N5O3S/c1-27-12-24-26-20(27)31-11-17(28)25-15-4-2-3-14(9-15)18(29)23-10-13-5-7-16(8-6-13)30-19(21)22/h2-9,12,19H,10-11H2,1H3,(H,23,29)(H,25,28). The van der Waals surface area contributed by atoms with Crippen LogP contribution in [0, 0.1) is 0 Å². The molecule has 1 heterocycles. The van der Waals surface area contributed by atoms with Crippen LogP contribution in [0.25, 0.3) is 0 Å². The van der Waals surface area contributed by atoms with Crippen molar-refractivity contribution in [3.63, 3.8) is 0 Å². The molecule has 0 saturated heterocycles. The van der Waals surface area contributed by atoms with Crippen LogP contribution in [0.5, 0.6) is 5.75 Å². The lowest BCUT2D eigenvalue weighted by atomic mass is 10.1. The van der Waals surface area contributed by atoms with E-state index in [4.69, 9.17) is 0 Å². The molecule has 2 N–H and O–H groups in total. The van der Waals surface area contributed by atoms with Crippen molar-refractivity contribution in [3.05, 3.63) is 66.0 Å². The maximum atomic E-state index is 12.4. The number of carbonyl (C=O) groups excluding carboxylic acids is 2. The normalized spacial score (nSPS) is 10.7. The first-order valence-corrected chi connectivity index (χ1v) is 10.1. The minimum absolute atomic E-state index is 0.0471. The first-order chi connectivity index (χ1) is 14.9. The smallest absolute Gasteiger partial charge is 0.387 e. The van der Waals surface area contributed by atoms with Crippen LogP contribution in [0.2, 0.25) is 0 Å². The number of aryl methyl sites for hydroxylation is 1. The molecule has 0 aliphatic rings. The van der Waals surface area contributed by atoms with Gasteiger partial charge in [-0.25, -0.2) is 0 Å². The van der Waals surface area contributed by atoms with Crippen LogP contribution in [0.15, 0.2) is 60.0 Å². The summed E-state index contributed by atoms with van der Waals surface area (Å²) in [4.78, 5) is 24.6. The Morgan fingerprint density at radius 1 is 1.19 bits per heavy atom. The van der Waals surface area contributed by atoms with Crippen molar-refractivity contribution in [2.75, 3.05) is 11.1 Å². The molecule has 3 aromatic rings. The number of rotatable bonds is 9. The molecule has 0 aliphatic carbocycles. The summed E-state index contributed by atoms with van der Waals surface area (Å²) >= 11 is 1.25. The summed E-state index contributed by atoms with van der Waals surface area (Å²) in [6, 6.07) is 12.5. The molecule has 11 heteroatoms. The molecule has 1 aromatic heterocycles. The Labute approximate surface area is 181 Å². The van der Waals surface area contributed by atoms with E-state index in [9.17, 15) is 18.4 Å². The van der Waals surface area contributed by atoms with Gasteiger partial charge in [0.25, 0.3) is 5.91 Å². The summed E-state index contributed by atoms with van der Waals surface area (Å²) in [5.41, 5.74) is 1.58. The lowest BCUT2D eigenvalue weighted by Crippen LogP contribution is -2.23. The van der Waals surface area contributed by atoms with Crippen molar-refractivity contribution in [1.29, 1.82) is 0 Å². The third kappa shape index (κ3) is 6.78. The Hall–Kier alpha value is -3.47. The van der Waals surface area contributed by atoms with Gasteiger partial charge < -0.3 is 19.9 Å². The van der Waals surface area contributed by atoms with Crippen molar-refractivity contribution in [2.24, 2.45) is 7.05 Å². The molecule has 8 nitrogen and oxygen atoms in total. The van der Waals surface area contributed by atoms with Gasteiger partial charge in [-0.2, -0.15) is 8.78 Å². The van der Waals surface area contributed by atoms with E-state index in [1.165, 1.54) is 23.9 Å². The zero-order chi connectivity index (χ0) is 22.2. The Balaban J connectivity index is 1.51. The number of benzene rings is 2. The largest absolute Gasteiger partial charge is 0.435 e. The van der Waals surface area contributed by atoms with E-state index in [-0.39, 0.29) is 29.9 Å². The number of aromatic nitrogens is 3. The molecule has 2 amide bonds. The summed E-state index contributed by atoms with van der Waals surface area (Å²) in [5.74, 6) is -0.381. The van der Waals surface area contributed by atoms with Crippen LogP contribution < -0.4 is 15.4 Å². The van der Waals surface area contributed by atoms with E-state index in [0.717, 1.165) is 5.56 Å². The highest BCUT2D eigenvalue weighted by Gasteiger charge is 2.10. The Kier molecular flexibility index (Phi) is 7.55. The number of amides is 2. The van der Waals surface area contributed by atoms with Gasteiger partial charge in [0.15, 0.2) is 5.16 Å².